The highest BCUT2D eigenvalue weighted by Gasteiger charge is 2.36. The largest absolute Gasteiger partial charge is 0.374 e. The molecule has 4 aliphatic rings. The first-order valence-corrected chi connectivity index (χ1v) is 8.86. The van der Waals surface area contributed by atoms with E-state index < -0.39 is 0 Å². The first kappa shape index (κ1) is 14.8. The number of fused-ring (bicyclic) bond motifs is 3. The summed E-state index contributed by atoms with van der Waals surface area (Å²) in [5.41, 5.74) is 7.32. The third-order valence-corrected chi connectivity index (χ3v) is 5.29. The molecule has 2 N–H and O–H groups in total. The molecule has 4 fully saturated rings. The first-order valence-electron chi connectivity index (χ1n) is 8.86. The number of rotatable bonds is 3. The Morgan fingerprint density at radius 1 is 1.12 bits per heavy atom. The van der Waals surface area contributed by atoms with Crippen LogP contribution in [0, 0.1) is 0 Å². The van der Waals surface area contributed by atoms with Gasteiger partial charge in [-0.1, -0.05) is 0 Å². The molecule has 6 rings (SSSR count). The number of morpholine rings is 1. The van der Waals surface area contributed by atoms with Gasteiger partial charge in [0, 0.05) is 43.7 Å². The average Bonchev–Trinajstić information content (AvgIpc) is 2.61. The molecule has 0 amide bonds. The lowest BCUT2D eigenvalue weighted by Crippen LogP contribution is -2.55. The van der Waals surface area contributed by atoms with Gasteiger partial charge in [0.05, 0.1) is 24.4 Å². The fraction of sp³-hybridized carbons (Fsp3) is 0.529. The Morgan fingerprint density at radius 3 is 2.56 bits per heavy atom. The van der Waals surface area contributed by atoms with Crippen LogP contribution in [0.15, 0.2) is 18.5 Å². The monoisotopic (exact) mass is 339 g/mol. The zero-order valence-corrected chi connectivity index (χ0v) is 14.0. The van der Waals surface area contributed by atoms with Gasteiger partial charge < -0.3 is 20.3 Å². The maximum absolute atomic E-state index is 5.84. The van der Waals surface area contributed by atoms with Crippen LogP contribution in [0.2, 0.25) is 0 Å². The van der Waals surface area contributed by atoms with Crippen molar-refractivity contribution in [2.24, 2.45) is 0 Å². The summed E-state index contributed by atoms with van der Waals surface area (Å²) in [5.74, 6) is 2.03. The van der Waals surface area contributed by atoms with E-state index in [1.54, 1.807) is 12.4 Å². The number of aromatic nitrogens is 4. The molecule has 130 valence electrons. The van der Waals surface area contributed by atoms with E-state index in [0.29, 0.717) is 12.1 Å². The number of anilines is 3. The summed E-state index contributed by atoms with van der Waals surface area (Å²) in [6.07, 6.45) is 7.25. The van der Waals surface area contributed by atoms with Crippen molar-refractivity contribution < 1.29 is 4.74 Å². The van der Waals surface area contributed by atoms with Crippen LogP contribution in [0.25, 0.3) is 11.3 Å². The maximum atomic E-state index is 5.84. The number of hydrogen-bond acceptors (Lipinski definition) is 8. The van der Waals surface area contributed by atoms with Crippen molar-refractivity contribution in [3.63, 3.8) is 0 Å². The number of nitrogens with two attached hydrogens (primary N) is 1. The Hall–Kier alpha value is -2.48. The smallest absolute Gasteiger partial charge is 0.227 e. The molecular weight excluding hydrogens is 318 g/mol. The molecule has 2 aromatic heterocycles. The summed E-state index contributed by atoms with van der Waals surface area (Å²) < 4.78 is 5.84. The van der Waals surface area contributed by atoms with Crippen LogP contribution in [-0.4, -0.2) is 58.3 Å². The third kappa shape index (κ3) is 2.66. The van der Waals surface area contributed by atoms with E-state index in [9.17, 15) is 0 Å². The molecule has 0 aromatic carbocycles. The molecule has 2 bridgehead atoms. The highest BCUT2D eigenvalue weighted by molar-refractivity contribution is 5.64. The Bertz CT molecular complexity index is 769. The predicted octanol–water partition coefficient (Wildman–Crippen LogP) is 1.09. The lowest BCUT2D eigenvalue weighted by atomic mass is 9.97. The van der Waals surface area contributed by atoms with Gasteiger partial charge in [0.25, 0.3) is 0 Å². The van der Waals surface area contributed by atoms with Gasteiger partial charge >= 0.3 is 0 Å². The minimum Gasteiger partial charge on any atom is -0.374 e. The quantitative estimate of drug-likeness (QED) is 0.888. The van der Waals surface area contributed by atoms with E-state index in [1.807, 2.05) is 6.07 Å². The van der Waals surface area contributed by atoms with Gasteiger partial charge in [-0.05, 0) is 19.3 Å². The molecule has 6 heterocycles. The van der Waals surface area contributed by atoms with Crippen molar-refractivity contribution in [3.8, 4) is 11.3 Å². The van der Waals surface area contributed by atoms with Crippen molar-refractivity contribution in [2.45, 2.75) is 31.4 Å². The minimum atomic E-state index is 0.270. The Balaban J connectivity index is 1.55. The second-order valence-corrected chi connectivity index (χ2v) is 6.92. The molecule has 0 spiro atoms. The van der Waals surface area contributed by atoms with Crippen LogP contribution in [-0.2, 0) is 4.74 Å². The van der Waals surface area contributed by atoms with Crippen molar-refractivity contribution in [3.05, 3.63) is 18.5 Å². The molecule has 2 atom stereocenters. The number of ether oxygens (including phenoxy) is 1. The molecule has 0 aliphatic carbocycles. The summed E-state index contributed by atoms with van der Waals surface area (Å²) in [6, 6.07) is 2.44. The Labute approximate surface area is 146 Å². The SMILES string of the molecule is Nc1ncc(-c2cc(N3C[C@@H]4CC[C@H]3CO4)nc(N3CCC3)n2)cn1. The second-order valence-electron chi connectivity index (χ2n) is 6.92. The van der Waals surface area contributed by atoms with E-state index >= 15 is 0 Å². The van der Waals surface area contributed by atoms with E-state index in [2.05, 4.69) is 19.8 Å². The molecule has 4 saturated heterocycles. The summed E-state index contributed by atoms with van der Waals surface area (Å²) in [4.78, 5) is 22.4. The summed E-state index contributed by atoms with van der Waals surface area (Å²) >= 11 is 0. The molecule has 4 aliphatic heterocycles. The highest BCUT2D eigenvalue weighted by Crippen LogP contribution is 2.33. The molecular formula is C17H21N7O. The lowest BCUT2D eigenvalue weighted by molar-refractivity contribution is -0.0228. The molecule has 0 saturated carbocycles. The third-order valence-electron chi connectivity index (χ3n) is 5.29. The number of piperidine rings is 1. The van der Waals surface area contributed by atoms with E-state index in [4.69, 9.17) is 20.4 Å². The van der Waals surface area contributed by atoms with Crippen LogP contribution in [0.4, 0.5) is 17.7 Å². The average molecular weight is 339 g/mol. The van der Waals surface area contributed by atoms with E-state index in [-0.39, 0.29) is 5.95 Å². The maximum Gasteiger partial charge on any atom is 0.227 e. The Morgan fingerprint density at radius 2 is 1.96 bits per heavy atom. The second kappa shape index (κ2) is 5.80. The summed E-state index contributed by atoms with van der Waals surface area (Å²) in [6.45, 7) is 3.71. The van der Waals surface area contributed by atoms with Gasteiger partial charge in [-0.2, -0.15) is 4.98 Å². The van der Waals surface area contributed by atoms with Crippen LogP contribution in [0.3, 0.4) is 0 Å². The molecule has 0 unspecified atom stereocenters. The van der Waals surface area contributed by atoms with Crippen molar-refractivity contribution in [1.82, 2.24) is 19.9 Å². The van der Waals surface area contributed by atoms with Gasteiger partial charge in [0.1, 0.15) is 5.82 Å². The zero-order chi connectivity index (χ0) is 16.8. The number of hydrogen-bond donors (Lipinski definition) is 1. The molecule has 25 heavy (non-hydrogen) atoms. The normalized spacial score (nSPS) is 25.1. The van der Waals surface area contributed by atoms with Crippen molar-refractivity contribution in [1.29, 1.82) is 0 Å². The zero-order valence-electron chi connectivity index (χ0n) is 14.0. The number of nitrogens with zero attached hydrogens (tertiary/aromatic N) is 6. The van der Waals surface area contributed by atoms with Crippen molar-refractivity contribution >= 4 is 17.7 Å². The van der Waals surface area contributed by atoms with Gasteiger partial charge in [0.2, 0.25) is 11.9 Å². The predicted molar refractivity (Wildman–Crippen MR) is 94.4 cm³/mol. The fourth-order valence-electron chi connectivity index (χ4n) is 3.68. The Kier molecular flexibility index (Phi) is 3.44. The highest BCUT2D eigenvalue weighted by atomic mass is 16.5. The van der Waals surface area contributed by atoms with E-state index in [1.165, 1.54) is 6.42 Å². The van der Waals surface area contributed by atoms with Gasteiger partial charge in [-0.25, -0.2) is 15.0 Å². The molecule has 0 radical (unpaired) electrons. The van der Waals surface area contributed by atoms with E-state index in [0.717, 1.165) is 62.1 Å². The summed E-state index contributed by atoms with van der Waals surface area (Å²) in [7, 11) is 0. The fourth-order valence-corrected chi connectivity index (χ4v) is 3.68. The van der Waals surface area contributed by atoms with Crippen LogP contribution in [0.5, 0.6) is 0 Å². The van der Waals surface area contributed by atoms with Crippen LogP contribution in [0.1, 0.15) is 19.3 Å². The van der Waals surface area contributed by atoms with Gasteiger partial charge in [-0.3, -0.25) is 0 Å². The topological polar surface area (TPSA) is 93.3 Å². The standard InChI is InChI=1S/C17H21N7O/c18-16-19-7-11(8-20-16)14-6-15(22-17(21-14)23-4-1-5-23)24-9-13-3-2-12(24)10-25-13/h6-8,12-13H,1-5,9-10H2,(H2,18,19,20)/t12-,13-/m0/s1. The lowest BCUT2D eigenvalue weighted by Gasteiger charge is -2.46. The van der Waals surface area contributed by atoms with Crippen LogP contribution < -0.4 is 15.5 Å². The molecule has 8 nitrogen and oxygen atoms in total. The number of nitrogen functional groups attached to an aromatic ring is 1. The summed E-state index contributed by atoms with van der Waals surface area (Å²) in [5, 5.41) is 0. The van der Waals surface area contributed by atoms with Crippen LogP contribution >= 0.6 is 0 Å². The van der Waals surface area contributed by atoms with Gasteiger partial charge in [0.15, 0.2) is 0 Å². The van der Waals surface area contributed by atoms with Gasteiger partial charge in [-0.15, -0.1) is 0 Å². The van der Waals surface area contributed by atoms with Crippen molar-refractivity contribution in [2.75, 3.05) is 41.8 Å². The first-order chi connectivity index (χ1) is 12.3. The molecule has 2 aromatic rings. The molecule has 8 heteroatoms. The minimum absolute atomic E-state index is 0.270.